The van der Waals surface area contributed by atoms with Crippen molar-refractivity contribution in [2.45, 2.75) is 4.90 Å². The molecule has 0 saturated heterocycles. The molecule has 0 radical (unpaired) electrons. The lowest BCUT2D eigenvalue weighted by atomic mass is 10.1. The molecule has 0 bridgehead atoms. The van der Waals surface area contributed by atoms with Crippen LogP contribution in [-0.2, 0) is 16.9 Å². The van der Waals surface area contributed by atoms with E-state index in [4.69, 9.17) is 5.11 Å². The highest BCUT2D eigenvalue weighted by Gasteiger charge is 2.17. The lowest BCUT2D eigenvalue weighted by Crippen LogP contribution is -2.00. The van der Waals surface area contributed by atoms with Crippen LogP contribution in [0.5, 0.6) is 5.75 Å². The van der Waals surface area contributed by atoms with E-state index >= 15 is 0 Å². The zero-order chi connectivity index (χ0) is 15.1. The number of aromatic carboxylic acids is 1. The number of aryl methyl sites for hydroxylation is 1. The minimum atomic E-state index is -3.43. The summed E-state index contributed by atoms with van der Waals surface area (Å²) in [4.78, 5) is 10.9. The quantitative estimate of drug-likeness (QED) is 0.870. The largest absolute Gasteiger partial charge is 0.507 e. The first-order valence-electron chi connectivity index (χ1n) is 5.51. The third kappa shape index (κ3) is 2.50. The number of hydrogen-bond acceptors (Lipinski definition) is 5. The van der Waals surface area contributed by atoms with E-state index in [1.807, 2.05) is 0 Å². The number of phenols is 1. The SMILES string of the molecule is Cn1nc(C(=O)O)cc1-c1cc(S(C)(=O)=O)ccc1O. The van der Waals surface area contributed by atoms with Gasteiger partial charge in [0.15, 0.2) is 15.5 Å². The van der Waals surface area contributed by atoms with Gasteiger partial charge in [0.25, 0.3) is 0 Å². The van der Waals surface area contributed by atoms with Crippen molar-refractivity contribution < 1.29 is 23.4 Å². The van der Waals surface area contributed by atoms with E-state index in [0.29, 0.717) is 5.69 Å². The molecule has 1 heterocycles. The Labute approximate surface area is 115 Å². The Morgan fingerprint density at radius 3 is 2.45 bits per heavy atom. The number of aromatic nitrogens is 2. The second kappa shape index (κ2) is 4.64. The Balaban J connectivity index is 2.66. The fraction of sp³-hybridized carbons (Fsp3) is 0.167. The second-order valence-electron chi connectivity index (χ2n) is 4.29. The van der Waals surface area contributed by atoms with Crippen molar-refractivity contribution in [3.05, 3.63) is 30.0 Å². The third-order valence-electron chi connectivity index (χ3n) is 2.77. The van der Waals surface area contributed by atoms with E-state index in [2.05, 4.69) is 5.10 Å². The summed E-state index contributed by atoms with van der Waals surface area (Å²) >= 11 is 0. The number of aromatic hydroxyl groups is 1. The normalized spacial score (nSPS) is 11.5. The number of carboxylic acids is 1. The highest BCUT2D eigenvalue weighted by molar-refractivity contribution is 7.90. The molecule has 106 valence electrons. The van der Waals surface area contributed by atoms with Crippen LogP contribution in [0.25, 0.3) is 11.3 Å². The summed E-state index contributed by atoms with van der Waals surface area (Å²) < 4.78 is 24.3. The van der Waals surface area contributed by atoms with Crippen LogP contribution in [0.1, 0.15) is 10.5 Å². The molecule has 8 heteroatoms. The van der Waals surface area contributed by atoms with Crippen molar-refractivity contribution in [3.8, 4) is 17.0 Å². The van der Waals surface area contributed by atoms with Crippen molar-refractivity contribution in [1.29, 1.82) is 0 Å². The number of sulfone groups is 1. The number of nitrogens with zero attached hydrogens (tertiary/aromatic N) is 2. The van der Waals surface area contributed by atoms with E-state index in [0.717, 1.165) is 6.26 Å². The highest BCUT2D eigenvalue weighted by atomic mass is 32.2. The average molecular weight is 296 g/mol. The Kier molecular flexibility index (Phi) is 3.26. The van der Waals surface area contributed by atoms with Crippen LogP contribution >= 0.6 is 0 Å². The van der Waals surface area contributed by atoms with Crippen LogP contribution in [0.4, 0.5) is 0 Å². The van der Waals surface area contributed by atoms with E-state index in [1.54, 1.807) is 0 Å². The van der Waals surface area contributed by atoms with Gasteiger partial charge >= 0.3 is 5.97 Å². The first-order valence-corrected chi connectivity index (χ1v) is 7.40. The standard InChI is InChI=1S/C12H12N2O5S/c1-14-10(6-9(13-14)12(16)17)8-5-7(20(2,18)19)3-4-11(8)15/h3-6,15H,1-2H3,(H,16,17). The van der Waals surface area contributed by atoms with Crippen molar-refractivity contribution >= 4 is 15.8 Å². The summed E-state index contributed by atoms with van der Waals surface area (Å²) in [5.41, 5.74) is 0.326. The molecule has 0 aliphatic heterocycles. The molecule has 0 spiro atoms. The number of rotatable bonds is 3. The number of benzene rings is 1. The van der Waals surface area contributed by atoms with Gasteiger partial charge in [-0.1, -0.05) is 0 Å². The zero-order valence-electron chi connectivity index (χ0n) is 10.7. The van der Waals surface area contributed by atoms with Gasteiger partial charge in [0.1, 0.15) is 5.75 Å². The molecule has 20 heavy (non-hydrogen) atoms. The molecule has 0 fully saturated rings. The number of hydrogen-bond donors (Lipinski definition) is 2. The molecule has 0 atom stereocenters. The zero-order valence-corrected chi connectivity index (χ0v) is 11.5. The fourth-order valence-corrected chi connectivity index (χ4v) is 2.42. The van der Waals surface area contributed by atoms with Crippen LogP contribution < -0.4 is 0 Å². The molecule has 0 saturated carbocycles. The molecule has 0 unspecified atom stereocenters. The van der Waals surface area contributed by atoms with Gasteiger partial charge in [0.2, 0.25) is 0 Å². The molecule has 2 N–H and O–H groups in total. The van der Waals surface area contributed by atoms with E-state index < -0.39 is 15.8 Å². The highest BCUT2D eigenvalue weighted by Crippen LogP contribution is 2.31. The maximum Gasteiger partial charge on any atom is 0.356 e. The van der Waals surface area contributed by atoms with Crippen LogP contribution in [0.3, 0.4) is 0 Å². The lowest BCUT2D eigenvalue weighted by molar-refractivity contribution is 0.0689. The van der Waals surface area contributed by atoms with Crippen molar-refractivity contribution in [3.63, 3.8) is 0 Å². The maximum atomic E-state index is 11.5. The van der Waals surface area contributed by atoms with Crippen LogP contribution in [0, 0.1) is 0 Å². The average Bonchev–Trinajstić information content (AvgIpc) is 2.70. The molecule has 1 aromatic carbocycles. The van der Waals surface area contributed by atoms with Gasteiger partial charge in [-0.3, -0.25) is 4.68 Å². The first kappa shape index (κ1) is 14.1. The number of carboxylic acid groups (broad SMARTS) is 1. The van der Waals surface area contributed by atoms with Crippen molar-refractivity contribution in [2.24, 2.45) is 7.05 Å². The molecule has 2 aromatic rings. The minimum Gasteiger partial charge on any atom is -0.507 e. The summed E-state index contributed by atoms with van der Waals surface area (Å²) in [5, 5.41) is 22.5. The van der Waals surface area contributed by atoms with Crippen molar-refractivity contribution in [1.82, 2.24) is 9.78 Å². The molecular formula is C12H12N2O5S. The summed E-state index contributed by atoms with van der Waals surface area (Å²) in [7, 11) is -1.92. The summed E-state index contributed by atoms with van der Waals surface area (Å²) in [6.45, 7) is 0. The second-order valence-corrected chi connectivity index (χ2v) is 6.31. The van der Waals surface area contributed by atoms with Gasteiger partial charge in [-0.05, 0) is 24.3 Å². The Morgan fingerprint density at radius 2 is 1.95 bits per heavy atom. The fourth-order valence-electron chi connectivity index (χ4n) is 1.77. The molecule has 0 amide bonds. The molecule has 7 nitrogen and oxygen atoms in total. The van der Waals surface area contributed by atoms with Gasteiger partial charge in [0.05, 0.1) is 10.6 Å². The minimum absolute atomic E-state index is 0.0309. The predicted octanol–water partition coefficient (Wildman–Crippen LogP) is 0.894. The van der Waals surface area contributed by atoms with Gasteiger partial charge in [-0.25, -0.2) is 13.2 Å². The predicted molar refractivity (Wildman–Crippen MR) is 70.4 cm³/mol. The molecule has 0 aliphatic rings. The third-order valence-corrected chi connectivity index (χ3v) is 3.88. The van der Waals surface area contributed by atoms with Crippen LogP contribution in [0.2, 0.25) is 0 Å². The summed E-state index contributed by atoms with van der Waals surface area (Å²) in [6, 6.07) is 5.08. The Morgan fingerprint density at radius 1 is 1.30 bits per heavy atom. The Hall–Kier alpha value is -2.35. The monoisotopic (exact) mass is 296 g/mol. The van der Waals surface area contributed by atoms with Crippen LogP contribution in [-0.4, -0.2) is 40.6 Å². The van der Waals surface area contributed by atoms with Crippen LogP contribution in [0.15, 0.2) is 29.2 Å². The van der Waals surface area contributed by atoms with Gasteiger partial charge < -0.3 is 10.2 Å². The van der Waals surface area contributed by atoms with E-state index in [9.17, 15) is 18.3 Å². The summed E-state index contributed by atoms with van der Waals surface area (Å²) in [5.74, 6) is -1.36. The lowest BCUT2D eigenvalue weighted by Gasteiger charge is -2.07. The van der Waals surface area contributed by atoms with Gasteiger partial charge in [0, 0.05) is 18.9 Å². The van der Waals surface area contributed by atoms with E-state index in [1.165, 1.54) is 36.0 Å². The Bertz CT molecular complexity index is 792. The van der Waals surface area contributed by atoms with E-state index in [-0.39, 0.29) is 21.9 Å². The topological polar surface area (TPSA) is 109 Å². The van der Waals surface area contributed by atoms with Gasteiger partial charge in [-0.2, -0.15) is 5.10 Å². The first-order chi connectivity index (χ1) is 9.20. The smallest absolute Gasteiger partial charge is 0.356 e. The molecule has 1 aromatic heterocycles. The van der Waals surface area contributed by atoms with Gasteiger partial charge in [-0.15, -0.1) is 0 Å². The summed E-state index contributed by atoms with van der Waals surface area (Å²) in [6.07, 6.45) is 1.05. The number of phenolic OH excluding ortho intramolecular Hbond substituents is 1. The molecule has 0 aliphatic carbocycles. The molecule has 2 rings (SSSR count). The maximum absolute atomic E-state index is 11.5. The van der Waals surface area contributed by atoms with Crippen molar-refractivity contribution in [2.75, 3.05) is 6.26 Å². The molecular weight excluding hydrogens is 284 g/mol. The number of carbonyl (C=O) groups is 1.